The van der Waals surface area contributed by atoms with Crippen LogP contribution < -0.4 is 0 Å². The number of nitrogens with one attached hydrogen (secondary N) is 1. The third-order valence-corrected chi connectivity index (χ3v) is 4.32. The predicted octanol–water partition coefficient (Wildman–Crippen LogP) is 5.27. The minimum Gasteiger partial charge on any atom is -0.331 e. The van der Waals surface area contributed by atoms with Gasteiger partial charge < -0.3 is 9.55 Å². The molecule has 0 saturated carbocycles. The number of rotatable bonds is 2. The standard InChI is InChI=1S/C16H15ClN2S/c1-10-6-5-9-14-15(10)19(16(20)18-14)11(2)12-7-3-4-8-13(12)17/h3-9,11H,1-2H3,(H,18,20). The van der Waals surface area contributed by atoms with Crippen LogP contribution in [0.3, 0.4) is 0 Å². The maximum atomic E-state index is 6.32. The number of aromatic nitrogens is 2. The Hall–Kier alpha value is -1.58. The molecule has 102 valence electrons. The van der Waals surface area contributed by atoms with Crippen molar-refractivity contribution in [1.82, 2.24) is 9.55 Å². The Labute approximate surface area is 128 Å². The molecule has 1 heterocycles. The van der Waals surface area contributed by atoms with E-state index in [1.807, 2.05) is 36.4 Å². The van der Waals surface area contributed by atoms with Crippen molar-refractivity contribution >= 4 is 34.9 Å². The third-order valence-electron chi connectivity index (χ3n) is 3.68. The summed E-state index contributed by atoms with van der Waals surface area (Å²) in [5.74, 6) is 0. The van der Waals surface area contributed by atoms with Gasteiger partial charge in [0.25, 0.3) is 0 Å². The Balaban J connectivity index is 2.27. The van der Waals surface area contributed by atoms with Gasteiger partial charge in [-0.05, 0) is 49.3 Å². The number of fused-ring (bicyclic) bond motifs is 1. The number of hydrogen-bond donors (Lipinski definition) is 1. The van der Waals surface area contributed by atoms with E-state index in [0.717, 1.165) is 26.4 Å². The Kier molecular flexibility index (Phi) is 3.40. The molecule has 0 radical (unpaired) electrons. The number of benzene rings is 2. The lowest BCUT2D eigenvalue weighted by Crippen LogP contribution is -2.08. The van der Waals surface area contributed by atoms with Crippen molar-refractivity contribution in [2.45, 2.75) is 19.9 Å². The van der Waals surface area contributed by atoms with Crippen LogP contribution in [0, 0.1) is 11.7 Å². The zero-order valence-corrected chi connectivity index (χ0v) is 12.9. The highest BCUT2D eigenvalue weighted by molar-refractivity contribution is 7.71. The Morgan fingerprint density at radius 2 is 1.90 bits per heavy atom. The molecule has 1 unspecified atom stereocenters. The van der Waals surface area contributed by atoms with Gasteiger partial charge >= 0.3 is 0 Å². The Morgan fingerprint density at radius 3 is 2.65 bits per heavy atom. The average Bonchev–Trinajstić information content (AvgIpc) is 2.76. The quantitative estimate of drug-likeness (QED) is 0.640. The summed E-state index contributed by atoms with van der Waals surface area (Å²) in [4.78, 5) is 3.27. The first kappa shape index (κ1) is 13.4. The first-order chi connectivity index (χ1) is 9.59. The van der Waals surface area contributed by atoms with E-state index in [1.165, 1.54) is 5.56 Å². The highest BCUT2D eigenvalue weighted by Crippen LogP contribution is 2.30. The van der Waals surface area contributed by atoms with Crippen LogP contribution >= 0.6 is 23.8 Å². The molecule has 3 aromatic rings. The molecule has 4 heteroatoms. The molecule has 2 nitrogen and oxygen atoms in total. The topological polar surface area (TPSA) is 20.7 Å². The van der Waals surface area contributed by atoms with E-state index in [1.54, 1.807) is 0 Å². The number of aromatic amines is 1. The molecule has 0 aliphatic carbocycles. The van der Waals surface area contributed by atoms with Crippen molar-refractivity contribution in [2.24, 2.45) is 0 Å². The highest BCUT2D eigenvalue weighted by Gasteiger charge is 2.16. The fourth-order valence-electron chi connectivity index (χ4n) is 2.68. The lowest BCUT2D eigenvalue weighted by molar-refractivity contribution is 0.648. The maximum Gasteiger partial charge on any atom is 0.178 e. The van der Waals surface area contributed by atoms with Crippen LogP contribution in [0.25, 0.3) is 11.0 Å². The molecule has 0 aliphatic rings. The molecule has 0 aliphatic heterocycles. The van der Waals surface area contributed by atoms with Crippen molar-refractivity contribution in [1.29, 1.82) is 0 Å². The molecule has 0 fully saturated rings. The van der Waals surface area contributed by atoms with Gasteiger partial charge in [0.15, 0.2) is 4.77 Å². The normalized spacial score (nSPS) is 12.8. The smallest absolute Gasteiger partial charge is 0.178 e. The SMILES string of the molecule is Cc1cccc2[nH]c(=S)n(C(C)c3ccccc3Cl)c12. The second-order valence-electron chi connectivity index (χ2n) is 4.97. The Morgan fingerprint density at radius 1 is 1.15 bits per heavy atom. The van der Waals surface area contributed by atoms with E-state index in [0.29, 0.717) is 0 Å². The summed E-state index contributed by atoms with van der Waals surface area (Å²) >= 11 is 11.8. The van der Waals surface area contributed by atoms with Crippen LogP contribution in [0.15, 0.2) is 42.5 Å². The van der Waals surface area contributed by atoms with Crippen LogP contribution in [-0.4, -0.2) is 9.55 Å². The van der Waals surface area contributed by atoms with Crippen LogP contribution in [0.5, 0.6) is 0 Å². The third kappa shape index (κ3) is 2.07. The van der Waals surface area contributed by atoms with Crippen molar-refractivity contribution in [3.8, 4) is 0 Å². The second-order valence-corrected chi connectivity index (χ2v) is 5.76. The van der Waals surface area contributed by atoms with Crippen LogP contribution in [0.1, 0.15) is 24.1 Å². The second kappa shape index (κ2) is 5.08. The summed E-state index contributed by atoms with van der Waals surface area (Å²) < 4.78 is 2.86. The Bertz CT molecular complexity index is 832. The van der Waals surface area contributed by atoms with Crippen LogP contribution in [-0.2, 0) is 0 Å². The fraction of sp³-hybridized carbons (Fsp3) is 0.188. The van der Waals surface area contributed by atoms with Gasteiger partial charge in [-0.2, -0.15) is 0 Å². The van der Waals surface area contributed by atoms with Gasteiger partial charge in [0.2, 0.25) is 0 Å². The molecular weight excluding hydrogens is 288 g/mol. The number of imidazole rings is 1. The molecule has 1 atom stereocenters. The van der Waals surface area contributed by atoms with Gasteiger partial charge in [-0.1, -0.05) is 41.9 Å². The number of H-pyrrole nitrogens is 1. The van der Waals surface area contributed by atoms with E-state index in [2.05, 4.69) is 29.5 Å². The van der Waals surface area contributed by atoms with Crippen molar-refractivity contribution in [2.75, 3.05) is 0 Å². The van der Waals surface area contributed by atoms with Crippen molar-refractivity contribution in [3.05, 3.63) is 63.4 Å². The number of aryl methyl sites for hydroxylation is 1. The molecule has 2 aromatic carbocycles. The van der Waals surface area contributed by atoms with Gasteiger partial charge in [0.05, 0.1) is 17.1 Å². The summed E-state index contributed by atoms with van der Waals surface area (Å²) in [6.45, 7) is 4.22. The zero-order chi connectivity index (χ0) is 14.3. The number of halogens is 1. The minimum absolute atomic E-state index is 0.0889. The predicted molar refractivity (Wildman–Crippen MR) is 87.1 cm³/mol. The molecule has 3 rings (SSSR count). The van der Waals surface area contributed by atoms with E-state index >= 15 is 0 Å². The summed E-state index contributed by atoms with van der Waals surface area (Å²) in [5, 5.41) is 0.768. The lowest BCUT2D eigenvalue weighted by atomic mass is 10.1. The average molecular weight is 303 g/mol. The van der Waals surface area contributed by atoms with Gasteiger partial charge in [-0.15, -0.1) is 0 Å². The lowest BCUT2D eigenvalue weighted by Gasteiger charge is -2.17. The van der Waals surface area contributed by atoms with Gasteiger partial charge in [-0.3, -0.25) is 0 Å². The summed E-state index contributed by atoms with van der Waals surface area (Å²) in [5.41, 5.74) is 4.49. The number of hydrogen-bond acceptors (Lipinski definition) is 1. The highest BCUT2D eigenvalue weighted by atomic mass is 35.5. The summed E-state index contributed by atoms with van der Waals surface area (Å²) in [6.07, 6.45) is 0. The van der Waals surface area contributed by atoms with Crippen molar-refractivity contribution < 1.29 is 0 Å². The van der Waals surface area contributed by atoms with Gasteiger partial charge in [0.1, 0.15) is 0 Å². The van der Waals surface area contributed by atoms with E-state index in [4.69, 9.17) is 23.8 Å². The molecule has 1 N–H and O–H groups in total. The van der Waals surface area contributed by atoms with Crippen LogP contribution in [0.4, 0.5) is 0 Å². The monoisotopic (exact) mass is 302 g/mol. The van der Waals surface area contributed by atoms with Crippen LogP contribution in [0.2, 0.25) is 5.02 Å². The molecule has 0 bridgehead atoms. The number of nitrogens with zero attached hydrogens (tertiary/aromatic N) is 1. The van der Waals surface area contributed by atoms with Crippen molar-refractivity contribution in [3.63, 3.8) is 0 Å². The fourth-order valence-corrected chi connectivity index (χ4v) is 3.33. The number of para-hydroxylation sites is 1. The van der Waals surface area contributed by atoms with Gasteiger partial charge in [0, 0.05) is 5.02 Å². The molecule has 0 spiro atoms. The molecule has 0 amide bonds. The molecule has 20 heavy (non-hydrogen) atoms. The zero-order valence-electron chi connectivity index (χ0n) is 11.4. The maximum absolute atomic E-state index is 6.32. The molecule has 0 saturated heterocycles. The minimum atomic E-state index is 0.0889. The molecule has 1 aromatic heterocycles. The van der Waals surface area contributed by atoms with E-state index in [9.17, 15) is 0 Å². The van der Waals surface area contributed by atoms with E-state index in [-0.39, 0.29) is 6.04 Å². The first-order valence-electron chi connectivity index (χ1n) is 6.54. The van der Waals surface area contributed by atoms with Gasteiger partial charge in [-0.25, -0.2) is 0 Å². The first-order valence-corrected chi connectivity index (χ1v) is 7.32. The largest absolute Gasteiger partial charge is 0.331 e. The molecular formula is C16H15ClN2S. The van der Waals surface area contributed by atoms with E-state index < -0.39 is 0 Å². The summed E-state index contributed by atoms with van der Waals surface area (Å²) in [7, 11) is 0. The summed E-state index contributed by atoms with van der Waals surface area (Å²) in [6, 6.07) is 14.2.